The molecule has 0 heterocycles. The van der Waals surface area contributed by atoms with E-state index in [1.807, 2.05) is 0 Å². The van der Waals surface area contributed by atoms with Crippen molar-refractivity contribution >= 4 is 11.6 Å². The quantitative estimate of drug-likeness (QED) is 0.181. The number of allylic oxidation sites excluding steroid dienone is 1. The lowest BCUT2D eigenvalue weighted by Gasteiger charge is -2.29. The van der Waals surface area contributed by atoms with Gasteiger partial charge in [0.05, 0.1) is 11.7 Å². The van der Waals surface area contributed by atoms with Crippen LogP contribution in [0.15, 0.2) is 11.8 Å². The maximum absolute atomic E-state index is 12.4. The van der Waals surface area contributed by atoms with Gasteiger partial charge in [-0.1, -0.05) is 32.6 Å². The van der Waals surface area contributed by atoms with Crippen LogP contribution in [0.1, 0.15) is 90.4 Å². The summed E-state index contributed by atoms with van der Waals surface area (Å²) in [4.78, 5) is 23.5. The van der Waals surface area contributed by atoms with Gasteiger partial charge in [-0.2, -0.15) is 0 Å². The minimum Gasteiger partial charge on any atom is -0.505 e. The summed E-state index contributed by atoms with van der Waals surface area (Å²) in [5.74, 6) is -0.710. The topological polar surface area (TPSA) is 115 Å². The fourth-order valence-electron chi connectivity index (χ4n) is 5.01. The Morgan fingerprint density at radius 1 is 1.13 bits per heavy atom. The second-order valence-electron chi connectivity index (χ2n) is 9.34. The van der Waals surface area contributed by atoms with E-state index in [0.29, 0.717) is 18.8 Å². The van der Waals surface area contributed by atoms with Crippen molar-refractivity contribution in [3.8, 4) is 0 Å². The molecule has 0 aromatic heterocycles. The van der Waals surface area contributed by atoms with E-state index in [1.165, 1.54) is 6.08 Å². The number of aliphatic hydroxyl groups is 4. The molecule has 2 saturated carbocycles. The normalized spacial score (nSPS) is 26.7. The van der Waals surface area contributed by atoms with Gasteiger partial charge in [0, 0.05) is 12.3 Å². The average Bonchev–Trinajstić information content (AvgIpc) is 3.54. The van der Waals surface area contributed by atoms with Crippen LogP contribution in [0, 0.1) is 17.8 Å². The van der Waals surface area contributed by atoms with Crippen molar-refractivity contribution in [2.75, 3.05) is 6.61 Å². The number of ketones is 2. The predicted molar refractivity (Wildman–Crippen MR) is 115 cm³/mol. The van der Waals surface area contributed by atoms with Crippen LogP contribution < -0.4 is 0 Å². The van der Waals surface area contributed by atoms with E-state index in [2.05, 4.69) is 6.92 Å². The highest BCUT2D eigenvalue weighted by Gasteiger charge is 2.44. The van der Waals surface area contributed by atoms with E-state index in [9.17, 15) is 24.9 Å². The van der Waals surface area contributed by atoms with Crippen LogP contribution in [0.4, 0.5) is 0 Å². The summed E-state index contributed by atoms with van der Waals surface area (Å²) < 4.78 is 0. The van der Waals surface area contributed by atoms with Gasteiger partial charge < -0.3 is 20.4 Å². The molecule has 0 radical (unpaired) electrons. The third-order valence-electron chi connectivity index (χ3n) is 7.02. The monoisotopic (exact) mass is 424 g/mol. The second kappa shape index (κ2) is 12.0. The molecule has 4 atom stereocenters. The van der Waals surface area contributed by atoms with Gasteiger partial charge in [-0.15, -0.1) is 0 Å². The zero-order valence-electron chi connectivity index (χ0n) is 18.4. The molecule has 6 nitrogen and oxygen atoms in total. The number of hydrogen-bond donors (Lipinski definition) is 4. The van der Waals surface area contributed by atoms with Crippen molar-refractivity contribution in [3.63, 3.8) is 0 Å². The van der Waals surface area contributed by atoms with Crippen LogP contribution in [0.25, 0.3) is 0 Å². The van der Waals surface area contributed by atoms with Crippen molar-refractivity contribution in [1.82, 2.24) is 0 Å². The highest BCUT2D eigenvalue weighted by atomic mass is 16.3. The molecule has 1 unspecified atom stereocenters. The number of Topliss-reactive ketones (excluding diaryl/α,β-unsaturated/α-hetero) is 2. The number of carbonyl (C=O) groups excluding carboxylic acids is 2. The van der Waals surface area contributed by atoms with Crippen molar-refractivity contribution in [1.29, 1.82) is 0 Å². The summed E-state index contributed by atoms with van der Waals surface area (Å²) in [5, 5.41) is 39.6. The highest BCUT2D eigenvalue weighted by molar-refractivity contribution is 5.93. The van der Waals surface area contributed by atoms with Gasteiger partial charge in [-0.3, -0.25) is 9.59 Å². The third-order valence-corrected chi connectivity index (χ3v) is 7.02. The van der Waals surface area contributed by atoms with E-state index >= 15 is 0 Å². The third kappa shape index (κ3) is 7.17. The summed E-state index contributed by atoms with van der Waals surface area (Å²) in [6.45, 7) is 1.44. The molecular formula is C24H40O6. The Labute approximate surface area is 180 Å². The lowest BCUT2D eigenvalue weighted by molar-refractivity contribution is -0.121. The van der Waals surface area contributed by atoms with E-state index < -0.39 is 29.9 Å². The molecule has 0 amide bonds. The van der Waals surface area contributed by atoms with E-state index in [0.717, 1.165) is 64.2 Å². The minimum absolute atomic E-state index is 0.0351. The summed E-state index contributed by atoms with van der Waals surface area (Å²) in [6, 6.07) is 0. The van der Waals surface area contributed by atoms with Crippen LogP contribution in [-0.4, -0.2) is 50.3 Å². The summed E-state index contributed by atoms with van der Waals surface area (Å²) in [7, 11) is 0. The molecule has 2 aliphatic carbocycles. The first-order chi connectivity index (χ1) is 14.3. The fraction of sp³-hybridized carbons (Fsp3) is 0.833. The molecule has 0 aromatic carbocycles. The van der Waals surface area contributed by atoms with Gasteiger partial charge in [0.15, 0.2) is 5.76 Å². The summed E-state index contributed by atoms with van der Waals surface area (Å²) >= 11 is 0. The standard InChI is InChI=1S/C24H40O6/c1-2-3-13-24(30,17-11-12-17)14-7-9-19-18(21(27)15-22(19)28)8-5-4-6-10-20(26)23(29)16-25/h10,17-19,22,25-26,28,30H,2-9,11-16H2,1H3/t18-,19-,22-,24?/m1/s1. The Kier molecular flexibility index (Phi) is 9.98. The van der Waals surface area contributed by atoms with Gasteiger partial charge in [0.25, 0.3) is 0 Å². The van der Waals surface area contributed by atoms with Gasteiger partial charge in [0.1, 0.15) is 12.4 Å². The first-order valence-corrected chi connectivity index (χ1v) is 11.8. The molecule has 0 spiro atoms. The van der Waals surface area contributed by atoms with Crippen LogP contribution in [0.3, 0.4) is 0 Å². The largest absolute Gasteiger partial charge is 0.505 e. The molecule has 0 aliphatic heterocycles. The van der Waals surface area contributed by atoms with Crippen molar-refractivity contribution in [2.24, 2.45) is 17.8 Å². The Morgan fingerprint density at radius 3 is 2.47 bits per heavy atom. The molecule has 0 saturated heterocycles. The Balaban J connectivity index is 1.78. The SMILES string of the molecule is CCCCC(O)(CCC[C@H]1[C@H](O)CC(=O)[C@@H]1CCCCC=C(O)C(=O)CO)C1CC1. The molecule has 2 fully saturated rings. The van der Waals surface area contributed by atoms with E-state index in [-0.39, 0.29) is 24.0 Å². The van der Waals surface area contributed by atoms with Crippen molar-refractivity contribution in [2.45, 2.75) is 102 Å². The number of rotatable bonds is 15. The maximum Gasteiger partial charge on any atom is 0.221 e. The molecule has 30 heavy (non-hydrogen) atoms. The van der Waals surface area contributed by atoms with Gasteiger partial charge in [-0.05, 0) is 69.3 Å². The van der Waals surface area contributed by atoms with Crippen molar-refractivity contribution in [3.05, 3.63) is 11.8 Å². The number of aliphatic hydroxyl groups excluding tert-OH is 3. The van der Waals surface area contributed by atoms with E-state index in [1.54, 1.807) is 0 Å². The molecule has 0 aromatic rings. The van der Waals surface area contributed by atoms with Crippen LogP contribution >= 0.6 is 0 Å². The van der Waals surface area contributed by atoms with Crippen LogP contribution in [-0.2, 0) is 9.59 Å². The minimum atomic E-state index is -0.702. The zero-order chi connectivity index (χ0) is 22.1. The number of hydrogen-bond acceptors (Lipinski definition) is 6. The number of carbonyl (C=O) groups is 2. The molecule has 2 rings (SSSR count). The molecule has 172 valence electrons. The van der Waals surface area contributed by atoms with Gasteiger partial charge >= 0.3 is 0 Å². The molecular weight excluding hydrogens is 384 g/mol. The fourth-order valence-corrected chi connectivity index (χ4v) is 5.01. The Morgan fingerprint density at radius 2 is 1.83 bits per heavy atom. The maximum atomic E-state index is 12.4. The molecule has 2 aliphatic rings. The summed E-state index contributed by atoms with van der Waals surface area (Å²) in [6.07, 6.45) is 11.3. The zero-order valence-corrected chi connectivity index (χ0v) is 18.4. The van der Waals surface area contributed by atoms with Crippen LogP contribution in [0.5, 0.6) is 0 Å². The molecule has 0 bridgehead atoms. The predicted octanol–water partition coefficient (Wildman–Crippen LogP) is 3.62. The average molecular weight is 425 g/mol. The molecule has 4 N–H and O–H groups in total. The summed E-state index contributed by atoms with van der Waals surface area (Å²) in [5.41, 5.74) is -0.570. The van der Waals surface area contributed by atoms with Crippen LogP contribution in [0.2, 0.25) is 0 Å². The second-order valence-corrected chi connectivity index (χ2v) is 9.34. The lowest BCUT2D eigenvalue weighted by atomic mass is 9.81. The van der Waals surface area contributed by atoms with E-state index in [4.69, 9.17) is 5.11 Å². The number of unbranched alkanes of at least 4 members (excludes halogenated alkanes) is 3. The Hall–Kier alpha value is -1.24. The first-order valence-electron chi connectivity index (χ1n) is 11.8. The van der Waals surface area contributed by atoms with Gasteiger partial charge in [0.2, 0.25) is 5.78 Å². The molecule has 6 heteroatoms. The smallest absolute Gasteiger partial charge is 0.221 e. The first kappa shape index (κ1) is 25.0. The highest BCUT2D eigenvalue weighted by Crippen LogP contribution is 2.46. The Bertz CT molecular complexity index is 597. The lowest BCUT2D eigenvalue weighted by Crippen LogP contribution is -2.32. The van der Waals surface area contributed by atoms with Crippen molar-refractivity contribution < 1.29 is 30.0 Å². The van der Waals surface area contributed by atoms with Gasteiger partial charge in [-0.25, -0.2) is 0 Å².